The Labute approximate surface area is 101 Å². The molecule has 0 saturated carbocycles. The molecular formula is C10H10INO3. The molecule has 0 aliphatic carbocycles. The molecule has 4 nitrogen and oxygen atoms in total. The molecule has 0 radical (unpaired) electrons. The number of hydrogen-bond acceptors (Lipinski definition) is 4. The van der Waals surface area contributed by atoms with Crippen LogP contribution in [0, 0.1) is 8.48 Å². The van der Waals surface area contributed by atoms with Gasteiger partial charge in [-0.3, -0.25) is 0 Å². The third kappa shape index (κ3) is 2.66. The predicted octanol–water partition coefficient (Wildman–Crippen LogP) is 2.86. The van der Waals surface area contributed by atoms with Gasteiger partial charge in [0.05, 0.1) is 13.2 Å². The lowest BCUT2D eigenvalue weighted by atomic mass is 10.3. The smallest absolute Gasteiger partial charge is 0.150 e. The minimum absolute atomic E-state index is 0.0468. The Hall–Kier alpha value is -0.690. The number of nitrogens with zero attached hydrogens (tertiary/aromatic N) is 1. The van der Waals surface area contributed by atoms with Crippen LogP contribution in [0.3, 0.4) is 0 Å². The second kappa shape index (κ2) is 4.89. The summed E-state index contributed by atoms with van der Waals surface area (Å²) >= 11 is 2.13. The van der Waals surface area contributed by atoms with Crippen molar-refractivity contribution in [2.24, 2.45) is 5.18 Å². The second-order valence-corrected chi connectivity index (χ2v) is 4.55. The van der Waals surface area contributed by atoms with Crippen molar-refractivity contribution in [3.63, 3.8) is 0 Å². The molecule has 2 rings (SSSR count). The van der Waals surface area contributed by atoms with Gasteiger partial charge < -0.3 is 9.47 Å². The lowest BCUT2D eigenvalue weighted by molar-refractivity contribution is 0.141. The Kier molecular flexibility index (Phi) is 3.53. The SMILES string of the molecule is O=Nc1cc(I)ccc1OC1CCOC1. The van der Waals surface area contributed by atoms with E-state index in [1.807, 2.05) is 6.07 Å². The lowest BCUT2D eigenvalue weighted by Crippen LogP contribution is -2.15. The fraction of sp³-hybridized carbons (Fsp3) is 0.400. The minimum atomic E-state index is 0.0468. The molecule has 80 valence electrons. The third-order valence-corrected chi connectivity index (χ3v) is 2.87. The fourth-order valence-corrected chi connectivity index (χ4v) is 1.92. The Morgan fingerprint density at radius 2 is 2.40 bits per heavy atom. The van der Waals surface area contributed by atoms with Crippen molar-refractivity contribution in [2.45, 2.75) is 12.5 Å². The van der Waals surface area contributed by atoms with Gasteiger partial charge in [-0.15, -0.1) is 4.91 Å². The van der Waals surface area contributed by atoms with Crippen molar-refractivity contribution >= 4 is 28.3 Å². The molecule has 15 heavy (non-hydrogen) atoms. The summed E-state index contributed by atoms with van der Waals surface area (Å²) in [6.45, 7) is 1.31. The molecule has 0 bridgehead atoms. The molecule has 1 fully saturated rings. The van der Waals surface area contributed by atoms with Crippen LogP contribution in [0.15, 0.2) is 23.4 Å². The Morgan fingerprint density at radius 1 is 1.53 bits per heavy atom. The van der Waals surface area contributed by atoms with E-state index in [1.165, 1.54) is 0 Å². The Balaban J connectivity index is 2.15. The van der Waals surface area contributed by atoms with E-state index in [4.69, 9.17) is 9.47 Å². The van der Waals surface area contributed by atoms with Gasteiger partial charge in [-0.05, 0) is 46.0 Å². The molecule has 0 amide bonds. The van der Waals surface area contributed by atoms with Crippen LogP contribution in [0.4, 0.5) is 5.69 Å². The third-order valence-electron chi connectivity index (χ3n) is 2.20. The number of rotatable bonds is 3. The van der Waals surface area contributed by atoms with E-state index in [1.54, 1.807) is 12.1 Å². The van der Waals surface area contributed by atoms with Crippen LogP contribution >= 0.6 is 22.6 Å². The van der Waals surface area contributed by atoms with Crippen LogP contribution in [0.25, 0.3) is 0 Å². The first-order valence-corrected chi connectivity index (χ1v) is 5.75. The topological polar surface area (TPSA) is 47.9 Å². The summed E-state index contributed by atoms with van der Waals surface area (Å²) in [4.78, 5) is 10.6. The van der Waals surface area contributed by atoms with Gasteiger partial charge in [0.2, 0.25) is 0 Å². The molecule has 0 spiro atoms. The maximum Gasteiger partial charge on any atom is 0.150 e. The molecule has 1 aliphatic rings. The van der Waals surface area contributed by atoms with Crippen LogP contribution in [0.5, 0.6) is 5.75 Å². The highest BCUT2D eigenvalue weighted by atomic mass is 127. The van der Waals surface area contributed by atoms with Crippen LogP contribution in [-0.2, 0) is 4.74 Å². The molecule has 1 aromatic carbocycles. The lowest BCUT2D eigenvalue weighted by Gasteiger charge is -2.12. The molecule has 5 heteroatoms. The first kappa shape index (κ1) is 10.8. The number of halogens is 1. The van der Waals surface area contributed by atoms with Gasteiger partial charge in [0, 0.05) is 9.99 Å². The predicted molar refractivity (Wildman–Crippen MR) is 64.5 cm³/mol. The van der Waals surface area contributed by atoms with Crippen molar-refractivity contribution < 1.29 is 9.47 Å². The average molecular weight is 319 g/mol. The summed E-state index contributed by atoms with van der Waals surface area (Å²) in [7, 11) is 0. The van der Waals surface area contributed by atoms with Gasteiger partial charge in [-0.25, -0.2) is 0 Å². The van der Waals surface area contributed by atoms with Gasteiger partial charge in [-0.1, -0.05) is 0 Å². The molecular weight excluding hydrogens is 309 g/mol. The second-order valence-electron chi connectivity index (χ2n) is 3.31. The van der Waals surface area contributed by atoms with E-state index >= 15 is 0 Å². The quantitative estimate of drug-likeness (QED) is 0.636. The van der Waals surface area contributed by atoms with Gasteiger partial charge in [0.1, 0.15) is 11.9 Å². The Morgan fingerprint density at radius 3 is 3.07 bits per heavy atom. The number of nitroso groups, excluding NO2 is 1. The molecule has 1 atom stereocenters. The number of hydrogen-bond donors (Lipinski definition) is 0. The van der Waals surface area contributed by atoms with Gasteiger partial charge >= 0.3 is 0 Å². The van der Waals surface area contributed by atoms with Crippen LogP contribution in [0.2, 0.25) is 0 Å². The molecule has 1 saturated heterocycles. The monoisotopic (exact) mass is 319 g/mol. The summed E-state index contributed by atoms with van der Waals surface area (Å²) in [5, 5.41) is 2.95. The van der Waals surface area contributed by atoms with Crippen LogP contribution in [0.1, 0.15) is 6.42 Å². The van der Waals surface area contributed by atoms with E-state index in [0.717, 1.165) is 16.6 Å². The molecule has 1 aromatic rings. The van der Waals surface area contributed by atoms with E-state index < -0.39 is 0 Å². The van der Waals surface area contributed by atoms with Crippen molar-refractivity contribution in [1.82, 2.24) is 0 Å². The standard InChI is InChI=1S/C10H10INO3/c11-7-1-2-10(9(5-7)12-13)15-8-3-4-14-6-8/h1-2,5,8H,3-4,6H2. The van der Waals surface area contributed by atoms with Gasteiger partial charge in [-0.2, -0.15) is 0 Å². The van der Waals surface area contributed by atoms with Gasteiger partial charge in [0.15, 0.2) is 5.69 Å². The molecule has 0 aromatic heterocycles. The summed E-state index contributed by atoms with van der Waals surface area (Å²) in [6.07, 6.45) is 0.912. The zero-order chi connectivity index (χ0) is 10.7. The van der Waals surface area contributed by atoms with E-state index in [9.17, 15) is 4.91 Å². The maximum atomic E-state index is 10.6. The zero-order valence-electron chi connectivity index (χ0n) is 7.98. The molecule has 1 aliphatic heterocycles. The van der Waals surface area contributed by atoms with Gasteiger partial charge in [0.25, 0.3) is 0 Å². The number of benzene rings is 1. The van der Waals surface area contributed by atoms with Crippen molar-refractivity contribution in [1.29, 1.82) is 0 Å². The summed E-state index contributed by atoms with van der Waals surface area (Å²) in [6, 6.07) is 5.37. The van der Waals surface area contributed by atoms with E-state index in [0.29, 0.717) is 18.0 Å². The molecule has 1 heterocycles. The van der Waals surface area contributed by atoms with E-state index in [2.05, 4.69) is 27.8 Å². The van der Waals surface area contributed by atoms with Crippen molar-refractivity contribution in [2.75, 3.05) is 13.2 Å². The maximum absolute atomic E-state index is 10.6. The highest BCUT2D eigenvalue weighted by Gasteiger charge is 2.18. The van der Waals surface area contributed by atoms with E-state index in [-0.39, 0.29) is 6.10 Å². The first-order chi connectivity index (χ1) is 7.29. The highest BCUT2D eigenvalue weighted by Crippen LogP contribution is 2.30. The zero-order valence-corrected chi connectivity index (χ0v) is 10.1. The summed E-state index contributed by atoms with van der Waals surface area (Å²) in [5.41, 5.74) is 0.355. The summed E-state index contributed by atoms with van der Waals surface area (Å²) < 4.78 is 11.8. The van der Waals surface area contributed by atoms with Crippen molar-refractivity contribution in [3.05, 3.63) is 26.7 Å². The molecule has 0 N–H and O–H groups in total. The normalized spacial score (nSPS) is 20.2. The largest absolute Gasteiger partial charge is 0.486 e. The van der Waals surface area contributed by atoms with Crippen molar-refractivity contribution in [3.8, 4) is 5.75 Å². The number of ether oxygens (including phenoxy) is 2. The van der Waals surface area contributed by atoms with Crippen LogP contribution < -0.4 is 4.74 Å². The minimum Gasteiger partial charge on any atom is -0.486 e. The fourth-order valence-electron chi connectivity index (χ4n) is 1.45. The molecule has 1 unspecified atom stereocenters. The summed E-state index contributed by atoms with van der Waals surface area (Å²) in [5.74, 6) is 0.543. The Bertz CT molecular complexity index is 364. The van der Waals surface area contributed by atoms with Crippen LogP contribution in [-0.4, -0.2) is 19.3 Å². The first-order valence-electron chi connectivity index (χ1n) is 4.67. The highest BCUT2D eigenvalue weighted by molar-refractivity contribution is 14.1. The average Bonchev–Trinajstić information content (AvgIpc) is 2.73.